The second kappa shape index (κ2) is 7.81. The number of ether oxygens (including phenoxy) is 1. The monoisotopic (exact) mass is 315 g/mol. The van der Waals surface area contributed by atoms with Crippen LogP contribution in [0.4, 0.5) is 0 Å². The minimum absolute atomic E-state index is 0.00137. The van der Waals surface area contributed by atoms with Crippen molar-refractivity contribution in [1.82, 2.24) is 14.9 Å². The van der Waals surface area contributed by atoms with Crippen LogP contribution in [0.15, 0.2) is 43.0 Å². The van der Waals surface area contributed by atoms with Crippen molar-refractivity contribution in [2.45, 2.75) is 38.6 Å². The van der Waals surface area contributed by atoms with Gasteiger partial charge in [-0.3, -0.25) is 4.79 Å². The molecule has 1 N–H and O–H groups in total. The Labute approximate surface area is 137 Å². The summed E-state index contributed by atoms with van der Waals surface area (Å²) in [5, 5.41) is 2.99. The first-order valence-corrected chi connectivity index (χ1v) is 7.95. The van der Waals surface area contributed by atoms with E-state index in [2.05, 4.69) is 30.2 Å². The molecule has 0 aliphatic carbocycles. The van der Waals surface area contributed by atoms with Crippen LogP contribution < -0.4 is 10.1 Å². The molecule has 5 nitrogen and oxygen atoms in total. The molecule has 1 amide bonds. The Morgan fingerprint density at radius 2 is 2.17 bits per heavy atom. The molecule has 2 aromatic rings. The van der Waals surface area contributed by atoms with Crippen LogP contribution in [0.5, 0.6) is 5.75 Å². The van der Waals surface area contributed by atoms with Gasteiger partial charge < -0.3 is 14.6 Å². The molecule has 1 aromatic heterocycles. The number of carbonyl (C=O) groups is 1. The number of imidazole rings is 1. The zero-order valence-corrected chi connectivity index (χ0v) is 14.1. The minimum atomic E-state index is -0.0328. The van der Waals surface area contributed by atoms with Gasteiger partial charge >= 0.3 is 0 Å². The first kappa shape index (κ1) is 17.1. The van der Waals surface area contributed by atoms with E-state index in [1.165, 1.54) is 5.56 Å². The van der Waals surface area contributed by atoms with E-state index < -0.39 is 0 Å². The molecule has 5 heteroatoms. The standard InChI is InChI=1S/C18H25N3O2/c1-4-18(2,15-7-5-6-8-16(15)23-3)9-10-20-17(22)13-21-12-11-19-14-21/h5-8,11-12,14H,4,9-10,13H2,1-3H3,(H,20,22)/t18-/m1/s1. The van der Waals surface area contributed by atoms with Crippen molar-refractivity contribution in [2.75, 3.05) is 13.7 Å². The third-order valence-electron chi connectivity index (χ3n) is 4.42. The summed E-state index contributed by atoms with van der Waals surface area (Å²) < 4.78 is 7.25. The lowest BCUT2D eigenvalue weighted by atomic mass is 9.77. The number of nitrogens with one attached hydrogen (secondary N) is 1. The van der Waals surface area contributed by atoms with E-state index >= 15 is 0 Å². The van der Waals surface area contributed by atoms with E-state index in [0.717, 1.165) is 18.6 Å². The zero-order chi connectivity index (χ0) is 16.7. The van der Waals surface area contributed by atoms with Gasteiger partial charge in [-0.2, -0.15) is 0 Å². The number of rotatable bonds is 8. The predicted octanol–water partition coefficient (Wildman–Crippen LogP) is 2.77. The third kappa shape index (κ3) is 4.34. The van der Waals surface area contributed by atoms with Gasteiger partial charge in [0.1, 0.15) is 12.3 Å². The molecule has 0 bridgehead atoms. The summed E-state index contributed by atoms with van der Waals surface area (Å²) in [5.74, 6) is 0.906. The van der Waals surface area contributed by atoms with Crippen LogP contribution in [0.3, 0.4) is 0 Å². The number of methoxy groups -OCH3 is 1. The lowest BCUT2D eigenvalue weighted by Gasteiger charge is -2.30. The highest BCUT2D eigenvalue weighted by Gasteiger charge is 2.27. The first-order chi connectivity index (χ1) is 11.1. The molecule has 0 aliphatic rings. The van der Waals surface area contributed by atoms with Crippen molar-refractivity contribution in [3.63, 3.8) is 0 Å². The second-order valence-corrected chi connectivity index (χ2v) is 5.95. The van der Waals surface area contributed by atoms with E-state index in [1.807, 2.05) is 18.2 Å². The predicted molar refractivity (Wildman–Crippen MR) is 90.5 cm³/mol. The normalized spacial score (nSPS) is 13.3. The maximum atomic E-state index is 12.0. The zero-order valence-electron chi connectivity index (χ0n) is 14.1. The highest BCUT2D eigenvalue weighted by atomic mass is 16.5. The van der Waals surface area contributed by atoms with Gasteiger partial charge in [0.05, 0.1) is 13.4 Å². The fraction of sp³-hybridized carbons (Fsp3) is 0.444. The van der Waals surface area contributed by atoms with Gasteiger partial charge in [0.25, 0.3) is 0 Å². The molecule has 0 saturated heterocycles. The van der Waals surface area contributed by atoms with Crippen LogP contribution in [-0.2, 0) is 16.8 Å². The molecule has 0 spiro atoms. The van der Waals surface area contributed by atoms with E-state index in [-0.39, 0.29) is 11.3 Å². The minimum Gasteiger partial charge on any atom is -0.496 e. The first-order valence-electron chi connectivity index (χ1n) is 7.95. The third-order valence-corrected chi connectivity index (χ3v) is 4.42. The van der Waals surface area contributed by atoms with Crippen LogP contribution in [0.2, 0.25) is 0 Å². The van der Waals surface area contributed by atoms with Crippen molar-refractivity contribution >= 4 is 5.91 Å². The molecular formula is C18H25N3O2. The smallest absolute Gasteiger partial charge is 0.239 e. The van der Waals surface area contributed by atoms with Gasteiger partial charge in [-0.15, -0.1) is 0 Å². The summed E-state index contributed by atoms with van der Waals surface area (Å²) >= 11 is 0. The topological polar surface area (TPSA) is 56.2 Å². The average Bonchev–Trinajstić information content (AvgIpc) is 3.07. The Kier molecular flexibility index (Phi) is 5.79. The Morgan fingerprint density at radius 3 is 2.83 bits per heavy atom. The molecule has 0 saturated carbocycles. The van der Waals surface area contributed by atoms with Crippen molar-refractivity contribution < 1.29 is 9.53 Å². The summed E-state index contributed by atoms with van der Waals surface area (Å²) in [5.41, 5.74) is 1.16. The number of carbonyl (C=O) groups excluding carboxylic acids is 1. The molecule has 1 atom stereocenters. The molecule has 23 heavy (non-hydrogen) atoms. The summed E-state index contributed by atoms with van der Waals surface area (Å²) in [6.45, 7) is 5.32. The summed E-state index contributed by atoms with van der Waals surface area (Å²) in [6, 6.07) is 8.10. The van der Waals surface area contributed by atoms with Gasteiger partial charge in [-0.1, -0.05) is 32.0 Å². The van der Waals surface area contributed by atoms with Crippen LogP contribution in [0.1, 0.15) is 32.3 Å². The number of benzene rings is 1. The van der Waals surface area contributed by atoms with Crippen LogP contribution >= 0.6 is 0 Å². The molecular weight excluding hydrogens is 290 g/mol. The Hall–Kier alpha value is -2.30. The summed E-state index contributed by atoms with van der Waals surface area (Å²) in [6.07, 6.45) is 6.93. The van der Waals surface area contributed by atoms with Gasteiger partial charge in [0, 0.05) is 24.5 Å². The molecule has 0 unspecified atom stereocenters. The van der Waals surface area contributed by atoms with Crippen molar-refractivity contribution in [2.24, 2.45) is 0 Å². The molecule has 0 aliphatic heterocycles. The van der Waals surface area contributed by atoms with Crippen LogP contribution in [0.25, 0.3) is 0 Å². The van der Waals surface area contributed by atoms with E-state index in [9.17, 15) is 4.79 Å². The molecule has 2 rings (SSSR count). The number of hydrogen-bond acceptors (Lipinski definition) is 3. The van der Waals surface area contributed by atoms with Gasteiger partial charge in [-0.25, -0.2) is 4.98 Å². The molecule has 1 heterocycles. The molecule has 0 fully saturated rings. The largest absolute Gasteiger partial charge is 0.496 e. The fourth-order valence-corrected chi connectivity index (χ4v) is 2.72. The molecule has 0 radical (unpaired) electrons. The van der Waals surface area contributed by atoms with E-state index in [4.69, 9.17) is 4.74 Å². The highest BCUT2D eigenvalue weighted by molar-refractivity contribution is 5.75. The highest BCUT2D eigenvalue weighted by Crippen LogP contribution is 2.36. The number of hydrogen-bond donors (Lipinski definition) is 1. The maximum Gasteiger partial charge on any atom is 0.239 e. The van der Waals surface area contributed by atoms with Gasteiger partial charge in [0.15, 0.2) is 0 Å². The Bertz CT molecular complexity index is 625. The van der Waals surface area contributed by atoms with Crippen molar-refractivity contribution in [3.05, 3.63) is 48.5 Å². The Balaban J connectivity index is 1.94. The van der Waals surface area contributed by atoms with Gasteiger partial charge in [-0.05, 0) is 24.3 Å². The maximum absolute atomic E-state index is 12.0. The number of amides is 1. The van der Waals surface area contributed by atoms with Crippen molar-refractivity contribution in [1.29, 1.82) is 0 Å². The second-order valence-electron chi connectivity index (χ2n) is 5.95. The average molecular weight is 315 g/mol. The fourth-order valence-electron chi connectivity index (χ4n) is 2.72. The number of nitrogens with zero attached hydrogens (tertiary/aromatic N) is 2. The molecule has 124 valence electrons. The van der Waals surface area contributed by atoms with E-state index in [1.54, 1.807) is 30.4 Å². The van der Waals surface area contributed by atoms with Gasteiger partial charge in [0.2, 0.25) is 5.91 Å². The number of aromatic nitrogens is 2. The summed E-state index contributed by atoms with van der Waals surface area (Å²) in [4.78, 5) is 15.9. The SMILES string of the molecule is CC[C@](C)(CCNC(=O)Cn1ccnc1)c1ccccc1OC. The van der Waals surface area contributed by atoms with E-state index in [0.29, 0.717) is 13.1 Å². The Morgan fingerprint density at radius 1 is 1.39 bits per heavy atom. The lowest BCUT2D eigenvalue weighted by molar-refractivity contribution is -0.121. The van der Waals surface area contributed by atoms with Crippen LogP contribution in [0, 0.1) is 0 Å². The van der Waals surface area contributed by atoms with Crippen molar-refractivity contribution in [3.8, 4) is 5.75 Å². The summed E-state index contributed by atoms with van der Waals surface area (Å²) in [7, 11) is 1.70. The van der Waals surface area contributed by atoms with Crippen LogP contribution in [-0.4, -0.2) is 29.1 Å². The quantitative estimate of drug-likeness (QED) is 0.815. The number of para-hydroxylation sites is 1. The lowest BCUT2D eigenvalue weighted by Crippen LogP contribution is -2.33. The molecule has 1 aromatic carbocycles.